The van der Waals surface area contributed by atoms with Gasteiger partial charge in [-0.2, -0.15) is 13.2 Å². The van der Waals surface area contributed by atoms with E-state index in [0.717, 1.165) is 6.54 Å². The standard InChI is InChI=1S/C8H18N2.C2HF3O2/c1-9-5-8-10-6-3-2-4-7-10;3-2(4,5)1(6)7/h9H,2-8H2,1H3;(H,6,7). The van der Waals surface area contributed by atoms with E-state index < -0.39 is 12.1 Å². The quantitative estimate of drug-likeness (QED) is 0.799. The molecule has 0 aromatic carbocycles. The van der Waals surface area contributed by atoms with Gasteiger partial charge in [-0.3, -0.25) is 0 Å². The number of carboxylic acid groups (broad SMARTS) is 1. The first-order valence-electron chi connectivity index (χ1n) is 5.55. The highest BCUT2D eigenvalue weighted by Gasteiger charge is 2.38. The molecule has 0 atom stereocenters. The lowest BCUT2D eigenvalue weighted by atomic mass is 10.1. The van der Waals surface area contributed by atoms with Gasteiger partial charge in [0.05, 0.1) is 0 Å². The Morgan fingerprint density at radius 3 is 2.12 bits per heavy atom. The molecule has 17 heavy (non-hydrogen) atoms. The number of rotatable bonds is 3. The van der Waals surface area contributed by atoms with Crippen molar-refractivity contribution < 1.29 is 23.1 Å². The number of piperidine rings is 1. The Labute approximate surface area is 98.8 Å². The molecule has 0 bridgehead atoms. The van der Waals surface area contributed by atoms with Gasteiger partial charge in [0.15, 0.2) is 0 Å². The van der Waals surface area contributed by atoms with Gasteiger partial charge in [0.25, 0.3) is 0 Å². The van der Waals surface area contributed by atoms with Crippen LogP contribution in [0.15, 0.2) is 0 Å². The zero-order valence-electron chi connectivity index (χ0n) is 9.89. The SMILES string of the molecule is CNCCN1CCCCC1.O=C(O)C(F)(F)F. The zero-order valence-corrected chi connectivity index (χ0v) is 9.89. The highest BCUT2D eigenvalue weighted by Crippen LogP contribution is 2.13. The average molecular weight is 256 g/mol. The third-order valence-electron chi connectivity index (χ3n) is 2.37. The van der Waals surface area contributed by atoms with E-state index in [0.29, 0.717) is 0 Å². The lowest BCUT2D eigenvalue weighted by molar-refractivity contribution is -0.192. The molecule has 1 aliphatic rings. The van der Waals surface area contributed by atoms with Crippen molar-refractivity contribution in [2.45, 2.75) is 25.4 Å². The maximum atomic E-state index is 10.6. The highest BCUT2D eigenvalue weighted by atomic mass is 19.4. The van der Waals surface area contributed by atoms with Gasteiger partial charge in [0, 0.05) is 13.1 Å². The van der Waals surface area contributed by atoms with Gasteiger partial charge in [-0.05, 0) is 33.0 Å². The Bertz CT molecular complexity index is 216. The van der Waals surface area contributed by atoms with Crippen molar-refractivity contribution in [3.63, 3.8) is 0 Å². The number of likely N-dealkylation sites (tertiary alicyclic amines) is 1. The average Bonchev–Trinajstić information content (AvgIpc) is 2.27. The van der Waals surface area contributed by atoms with E-state index >= 15 is 0 Å². The number of halogens is 3. The van der Waals surface area contributed by atoms with Crippen molar-refractivity contribution >= 4 is 5.97 Å². The molecule has 0 aliphatic carbocycles. The Hall–Kier alpha value is -0.820. The van der Waals surface area contributed by atoms with Gasteiger partial charge in [0.1, 0.15) is 0 Å². The number of alkyl halides is 3. The van der Waals surface area contributed by atoms with Crippen LogP contribution >= 0.6 is 0 Å². The Morgan fingerprint density at radius 1 is 1.29 bits per heavy atom. The summed E-state index contributed by atoms with van der Waals surface area (Å²) in [6.07, 6.45) is -0.830. The van der Waals surface area contributed by atoms with Crippen LogP contribution in [0, 0.1) is 0 Å². The largest absolute Gasteiger partial charge is 0.490 e. The minimum atomic E-state index is -5.08. The summed E-state index contributed by atoms with van der Waals surface area (Å²) in [5.41, 5.74) is 0. The normalized spacial score (nSPS) is 17.2. The van der Waals surface area contributed by atoms with E-state index in [-0.39, 0.29) is 0 Å². The first-order valence-corrected chi connectivity index (χ1v) is 5.55. The summed E-state index contributed by atoms with van der Waals surface area (Å²) in [5, 5.41) is 10.3. The highest BCUT2D eigenvalue weighted by molar-refractivity contribution is 5.73. The number of hydrogen-bond donors (Lipinski definition) is 2. The van der Waals surface area contributed by atoms with E-state index in [4.69, 9.17) is 9.90 Å². The molecule has 102 valence electrons. The lowest BCUT2D eigenvalue weighted by Crippen LogP contribution is -2.34. The van der Waals surface area contributed by atoms with Crippen LogP contribution in [0.1, 0.15) is 19.3 Å². The summed E-state index contributed by atoms with van der Waals surface area (Å²) in [4.78, 5) is 11.4. The van der Waals surface area contributed by atoms with Crippen LogP contribution in [0.3, 0.4) is 0 Å². The fourth-order valence-electron chi connectivity index (χ4n) is 1.45. The summed E-state index contributed by atoms with van der Waals surface area (Å²) >= 11 is 0. The van der Waals surface area contributed by atoms with E-state index in [1.54, 1.807) is 0 Å². The monoisotopic (exact) mass is 256 g/mol. The van der Waals surface area contributed by atoms with Crippen LogP contribution in [0.5, 0.6) is 0 Å². The van der Waals surface area contributed by atoms with Gasteiger partial charge in [-0.1, -0.05) is 6.42 Å². The first-order chi connectivity index (χ1) is 7.88. The molecule has 1 aliphatic heterocycles. The second-order valence-electron chi connectivity index (χ2n) is 3.81. The van der Waals surface area contributed by atoms with E-state index in [2.05, 4.69) is 10.2 Å². The fraction of sp³-hybridized carbons (Fsp3) is 0.900. The second-order valence-corrected chi connectivity index (χ2v) is 3.81. The topological polar surface area (TPSA) is 52.6 Å². The molecule has 0 unspecified atom stereocenters. The number of hydrogen-bond acceptors (Lipinski definition) is 3. The molecule has 0 aromatic rings. The fourth-order valence-corrected chi connectivity index (χ4v) is 1.45. The summed E-state index contributed by atoms with van der Waals surface area (Å²) in [6, 6.07) is 0. The molecule has 1 saturated heterocycles. The molecule has 7 heteroatoms. The van der Waals surface area contributed by atoms with Crippen LogP contribution in [0.25, 0.3) is 0 Å². The molecule has 2 N–H and O–H groups in total. The van der Waals surface area contributed by atoms with Gasteiger partial charge in [-0.15, -0.1) is 0 Å². The molecule has 1 heterocycles. The van der Waals surface area contributed by atoms with Crippen LogP contribution in [-0.4, -0.2) is 55.4 Å². The molecular weight excluding hydrogens is 237 g/mol. The van der Waals surface area contributed by atoms with Crippen molar-refractivity contribution in [1.82, 2.24) is 10.2 Å². The Morgan fingerprint density at radius 2 is 1.76 bits per heavy atom. The number of nitrogens with zero attached hydrogens (tertiary/aromatic N) is 1. The third kappa shape index (κ3) is 8.93. The Kier molecular flexibility index (Phi) is 7.90. The van der Waals surface area contributed by atoms with Crippen molar-refractivity contribution in [3.05, 3.63) is 0 Å². The second kappa shape index (κ2) is 8.30. The Balaban J connectivity index is 0.000000325. The molecule has 4 nitrogen and oxygen atoms in total. The summed E-state index contributed by atoms with van der Waals surface area (Å²) in [7, 11) is 2.02. The first kappa shape index (κ1) is 16.2. The molecular formula is C10H19F3N2O2. The molecule has 0 radical (unpaired) electrons. The third-order valence-corrected chi connectivity index (χ3v) is 2.37. The predicted molar refractivity (Wildman–Crippen MR) is 57.9 cm³/mol. The van der Waals surface area contributed by atoms with Crippen molar-refractivity contribution in [2.75, 3.05) is 33.2 Å². The zero-order chi connectivity index (χ0) is 13.3. The molecule has 1 fully saturated rings. The minimum absolute atomic E-state index is 1.14. The van der Waals surface area contributed by atoms with Crippen molar-refractivity contribution in [2.24, 2.45) is 0 Å². The van der Waals surface area contributed by atoms with E-state index in [1.807, 2.05) is 7.05 Å². The molecule has 0 saturated carbocycles. The maximum absolute atomic E-state index is 10.6. The molecule has 0 amide bonds. The lowest BCUT2D eigenvalue weighted by Gasteiger charge is -2.25. The number of carboxylic acids is 1. The molecule has 1 rings (SSSR count). The van der Waals surface area contributed by atoms with Gasteiger partial charge in [0.2, 0.25) is 0 Å². The number of nitrogens with one attached hydrogen (secondary N) is 1. The van der Waals surface area contributed by atoms with Crippen LogP contribution in [-0.2, 0) is 4.79 Å². The van der Waals surface area contributed by atoms with Crippen molar-refractivity contribution in [3.8, 4) is 0 Å². The predicted octanol–water partition coefficient (Wildman–Crippen LogP) is 1.32. The number of carbonyl (C=O) groups is 1. The van der Waals surface area contributed by atoms with Gasteiger partial charge < -0.3 is 15.3 Å². The van der Waals surface area contributed by atoms with E-state index in [9.17, 15) is 13.2 Å². The van der Waals surface area contributed by atoms with Crippen LogP contribution < -0.4 is 5.32 Å². The van der Waals surface area contributed by atoms with Gasteiger partial charge >= 0.3 is 12.1 Å². The van der Waals surface area contributed by atoms with Crippen molar-refractivity contribution in [1.29, 1.82) is 0 Å². The molecule has 0 spiro atoms. The van der Waals surface area contributed by atoms with Gasteiger partial charge in [-0.25, -0.2) is 4.79 Å². The summed E-state index contributed by atoms with van der Waals surface area (Å²) in [6.45, 7) is 5.01. The smallest absolute Gasteiger partial charge is 0.475 e. The van der Waals surface area contributed by atoms with Crippen LogP contribution in [0.2, 0.25) is 0 Å². The number of aliphatic carboxylic acids is 1. The number of likely N-dealkylation sites (N-methyl/N-ethyl adjacent to an activating group) is 1. The van der Waals surface area contributed by atoms with Crippen LogP contribution in [0.4, 0.5) is 13.2 Å². The maximum Gasteiger partial charge on any atom is 0.490 e. The summed E-state index contributed by atoms with van der Waals surface area (Å²) in [5.74, 6) is -2.76. The minimum Gasteiger partial charge on any atom is -0.475 e. The van der Waals surface area contributed by atoms with E-state index in [1.165, 1.54) is 38.9 Å². The summed E-state index contributed by atoms with van der Waals surface area (Å²) < 4.78 is 31.7. The molecule has 0 aromatic heterocycles.